The number of thiazole rings is 1. The van der Waals surface area contributed by atoms with E-state index in [9.17, 15) is 4.79 Å². The smallest absolute Gasteiger partial charge is 0.223 e. The Morgan fingerprint density at radius 2 is 2.16 bits per heavy atom. The third kappa shape index (κ3) is 3.28. The molecule has 25 heavy (non-hydrogen) atoms. The third-order valence-electron chi connectivity index (χ3n) is 5.64. The number of carbonyl (C=O) groups excluding carboxylic acids is 1. The molecule has 5 nitrogen and oxygen atoms in total. The molecule has 2 aromatic heterocycles. The van der Waals surface area contributed by atoms with Gasteiger partial charge in [0.05, 0.1) is 6.04 Å². The minimum Gasteiger partial charge on any atom is -0.355 e. The van der Waals surface area contributed by atoms with E-state index in [1.54, 1.807) is 11.3 Å². The number of hydrogen-bond acceptors (Lipinski definition) is 4. The first-order chi connectivity index (χ1) is 12.3. The summed E-state index contributed by atoms with van der Waals surface area (Å²) in [5, 5.41) is 5.53. The van der Waals surface area contributed by atoms with Crippen molar-refractivity contribution in [2.75, 3.05) is 18.4 Å². The van der Waals surface area contributed by atoms with Gasteiger partial charge < -0.3 is 10.2 Å². The third-order valence-corrected chi connectivity index (χ3v) is 6.53. The highest BCUT2D eigenvalue weighted by atomic mass is 32.1. The van der Waals surface area contributed by atoms with Crippen LogP contribution >= 0.6 is 11.3 Å². The Kier molecular flexibility index (Phi) is 4.97. The number of nitrogens with zero attached hydrogens (tertiary/aromatic N) is 3. The van der Waals surface area contributed by atoms with Crippen molar-refractivity contribution >= 4 is 28.0 Å². The minimum atomic E-state index is 0.153. The lowest BCUT2D eigenvalue weighted by Gasteiger charge is -2.25. The van der Waals surface area contributed by atoms with E-state index in [1.165, 1.54) is 30.5 Å². The molecule has 1 amide bonds. The summed E-state index contributed by atoms with van der Waals surface area (Å²) in [6.45, 7) is 3.97. The largest absolute Gasteiger partial charge is 0.355 e. The summed E-state index contributed by atoms with van der Waals surface area (Å²) in [5.41, 5.74) is 1.09. The summed E-state index contributed by atoms with van der Waals surface area (Å²) in [5.74, 6) is 1.87. The Morgan fingerprint density at radius 1 is 1.32 bits per heavy atom. The molecule has 1 aliphatic heterocycles. The number of fused-ring (bicyclic) bond motifs is 1. The van der Waals surface area contributed by atoms with Crippen LogP contribution in [0.1, 0.15) is 70.0 Å². The average molecular weight is 361 g/mol. The molecule has 0 unspecified atom stereocenters. The second-order valence-electron chi connectivity index (χ2n) is 7.43. The fraction of sp³-hybridized carbons (Fsp3) is 0.684. The molecule has 1 atom stereocenters. The SMILES string of the molecule is CCCNc1nc([C@@H]2CCCN2C(=O)CC2CCCC2)c2sccn12. The lowest BCUT2D eigenvalue weighted by molar-refractivity contribution is -0.133. The first-order valence-corrected chi connectivity index (χ1v) is 10.6. The molecule has 0 radical (unpaired) electrons. The Bertz CT molecular complexity index is 731. The van der Waals surface area contributed by atoms with Crippen molar-refractivity contribution in [3.63, 3.8) is 0 Å². The molecular weight excluding hydrogens is 332 g/mol. The van der Waals surface area contributed by atoms with Gasteiger partial charge in [0.15, 0.2) is 0 Å². The maximum absolute atomic E-state index is 12.9. The normalized spacial score (nSPS) is 21.5. The lowest BCUT2D eigenvalue weighted by Crippen LogP contribution is -2.31. The highest BCUT2D eigenvalue weighted by Gasteiger charge is 2.34. The summed E-state index contributed by atoms with van der Waals surface area (Å²) in [4.78, 5) is 21.1. The molecule has 1 aliphatic carbocycles. The highest BCUT2D eigenvalue weighted by molar-refractivity contribution is 7.15. The van der Waals surface area contributed by atoms with Crippen molar-refractivity contribution in [2.45, 2.75) is 64.3 Å². The summed E-state index contributed by atoms with van der Waals surface area (Å²) in [6, 6.07) is 0.153. The monoisotopic (exact) mass is 360 g/mol. The van der Waals surface area contributed by atoms with Gasteiger partial charge in [0.25, 0.3) is 0 Å². The lowest BCUT2D eigenvalue weighted by atomic mass is 10.0. The van der Waals surface area contributed by atoms with Crippen molar-refractivity contribution in [3.8, 4) is 0 Å². The van der Waals surface area contributed by atoms with Gasteiger partial charge in [-0.1, -0.05) is 19.8 Å². The zero-order valence-corrected chi connectivity index (χ0v) is 15.9. The van der Waals surface area contributed by atoms with E-state index in [-0.39, 0.29) is 6.04 Å². The maximum atomic E-state index is 12.9. The molecule has 3 heterocycles. The van der Waals surface area contributed by atoms with E-state index in [0.717, 1.165) is 50.4 Å². The van der Waals surface area contributed by atoms with Gasteiger partial charge >= 0.3 is 0 Å². The van der Waals surface area contributed by atoms with Crippen LogP contribution in [0.4, 0.5) is 5.95 Å². The first-order valence-electron chi connectivity index (χ1n) is 9.76. The van der Waals surface area contributed by atoms with Gasteiger partial charge in [0.1, 0.15) is 10.5 Å². The van der Waals surface area contributed by atoms with E-state index >= 15 is 0 Å². The Balaban J connectivity index is 1.56. The Hall–Kier alpha value is -1.56. The number of rotatable bonds is 6. The molecule has 136 valence electrons. The second-order valence-corrected chi connectivity index (χ2v) is 8.32. The number of hydrogen-bond donors (Lipinski definition) is 1. The van der Waals surface area contributed by atoms with Crippen LogP contribution in [-0.4, -0.2) is 33.3 Å². The number of anilines is 1. The molecule has 2 fully saturated rings. The van der Waals surface area contributed by atoms with Crippen LogP contribution in [0.2, 0.25) is 0 Å². The predicted octanol–water partition coefficient (Wildman–Crippen LogP) is 4.46. The van der Waals surface area contributed by atoms with Crippen LogP contribution in [0.15, 0.2) is 11.6 Å². The zero-order chi connectivity index (χ0) is 17.2. The van der Waals surface area contributed by atoms with Crippen LogP contribution in [0.3, 0.4) is 0 Å². The highest BCUT2D eigenvalue weighted by Crippen LogP contribution is 2.38. The van der Waals surface area contributed by atoms with Gasteiger partial charge in [0.2, 0.25) is 11.9 Å². The Labute approximate surface area is 153 Å². The molecule has 2 aliphatic rings. The van der Waals surface area contributed by atoms with Crippen LogP contribution in [0, 0.1) is 5.92 Å². The summed E-state index contributed by atoms with van der Waals surface area (Å²) in [7, 11) is 0. The molecular formula is C19H28N4OS. The molecule has 2 aromatic rings. The first kappa shape index (κ1) is 16.9. The van der Waals surface area contributed by atoms with E-state index in [1.807, 2.05) is 0 Å². The number of likely N-dealkylation sites (tertiary alicyclic amines) is 1. The molecule has 1 saturated heterocycles. The second kappa shape index (κ2) is 7.36. The molecule has 0 aromatic carbocycles. The molecule has 4 rings (SSSR count). The van der Waals surface area contributed by atoms with E-state index in [0.29, 0.717) is 11.8 Å². The Morgan fingerprint density at radius 3 is 2.96 bits per heavy atom. The van der Waals surface area contributed by atoms with Gasteiger partial charge in [-0.3, -0.25) is 9.20 Å². The molecule has 1 N–H and O–H groups in total. The number of nitrogens with one attached hydrogen (secondary N) is 1. The predicted molar refractivity (Wildman–Crippen MR) is 102 cm³/mol. The van der Waals surface area contributed by atoms with Crippen molar-refractivity contribution in [2.24, 2.45) is 5.92 Å². The number of carbonyl (C=O) groups is 1. The average Bonchev–Trinajstić information content (AvgIpc) is 3.36. The van der Waals surface area contributed by atoms with Gasteiger partial charge in [-0.25, -0.2) is 4.98 Å². The van der Waals surface area contributed by atoms with Crippen LogP contribution in [0.5, 0.6) is 0 Å². The molecule has 6 heteroatoms. The van der Waals surface area contributed by atoms with E-state index in [4.69, 9.17) is 4.98 Å². The fourth-order valence-electron chi connectivity index (χ4n) is 4.35. The number of imidazole rings is 1. The van der Waals surface area contributed by atoms with Crippen molar-refractivity contribution in [1.29, 1.82) is 0 Å². The zero-order valence-electron chi connectivity index (χ0n) is 15.0. The van der Waals surface area contributed by atoms with Crippen LogP contribution in [0.25, 0.3) is 4.83 Å². The van der Waals surface area contributed by atoms with Crippen LogP contribution in [-0.2, 0) is 4.79 Å². The van der Waals surface area contributed by atoms with Gasteiger partial charge in [0, 0.05) is 31.1 Å². The quantitative estimate of drug-likeness (QED) is 0.827. The van der Waals surface area contributed by atoms with Crippen LogP contribution < -0.4 is 5.32 Å². The molecule has 0 spiro atoms. The number of amides is 1. The van der Waals surface area contributed by atoms with Crippen molar-refractivity contribution in [1.82, 2.24) is 14.3 Å². The van der Waals surface area contributed by atoms with Crippen molar-refractivity contribution < 1.29 is 4.79 Å². The van der Waals surface area contributed by atoms with E-state index in [2.05, 4.69) is 33.1 Å². The van der Waals surface area contributed by atoms with Gasteiger partial charge in [-0.2, -0.15) is 0 Å². The topological polar surface area (TPSA) is 49.6 Å². The fourth-order valence-corrected chi connectivity index (χ4v) is 5.23. The van der Waals surface area contributed by atoms with E-state index < -0.39 is 0 Å². The molecule has 1 saturated carbocycles. The van der Waals surface area contributed by atoms with Gasteiger partial charge in [-0.15, -0.1) is 11.3 Å². The van der Waals surface area contributed by atoms with Gasteiger partial charge in [-0.05, 0) is 38.0 Å². The van der Waals surface area contributed by atoms with Crippen molar-refractivity contribution in [3.05, 3.63) is 17.3 Å². The maximum Gasteiger partial charge on any atom is 0.223 e. The molecule has 0 bridgehead atoms. The standard InChI is InChI=1S/C19H28N4OS/c1-2-9-20-19-21-17(18-23(19)11-12-25-18)15-8-5-10-22(15)16(24)13-14-6-3-4-7-14/h11-12,14-15H,2-10,13H2,1H3,(H,20,21)/t15-/m0/s1. The summed E-state index contributed by atoms with van der Waals surface area (Å²) < 4.78 is 2.15. The summed E-state index contributed by atoms with van der Waals surface area (Å²) >= 11 is 1.72. The summed E-state index contributed by atoms with van der Waals surface area (Å²) in [6.07, 6.45) is 11.1. The number of aromatic nitrogens is 2. The minimum absolute atomic E-state index is 0.153.